The SMILES string of the molecule is Cc1ccc(-n2ncc(=O)n(C)c2=O)cc1N. The zero-order valence-electron chi connectivity index (χ0n) is 9.54. The second-order valence-electron chi connectivity index (χ2n) is 3.78. The van der Waals surface area contributed by atoms with Crippen molar-refractivity contribution in [3.8, 4) is 5.69 Å². The maximum atomic E-state index is 11.8. The normalized spacial score (nSPS) is 10.5. The number of hydrogen-bond acceptors (Lipinski definition) is 4. The third-order valence-corrected chi connectivity index (χ3v) is 2.59. The minimum Gasteiger partial charge on any atom is -0.398 e. The summed E-state index contributed by atoms with van der Waals surface area (Å²) in [6.45, 7) is 1.87. The quantitative estimate of drug-likeness (QED) is 0.691. The fourth-order valence-corrected chi connectivity index (χ4v) is 1.42. The zero-order chi connectivity index (χ0) is 12.6. The van der Waals surface area contributed by atoms with Crippen LogP contribution in [0.25, 0.3) is 5.69 Å². The third kappa shape index (κ3) is 1.84. The number of hydrogen-bond donors (Lipinski definition) is 1. The smallest absolute Gasteiger partial charge is 0.351 e. The Bertz CT molecular complexity index is 685. The predicted molar refractivity (Wildman–Crippen MR) is 64.2 cm³/mol. The summed E-state index contributed by atoms with van der Waals surface area (Å²) in [5.74, 6) is 0. The van der Waals surface area contributed by atoms with E-state index in [0.717, 1.165) is 21.0 Å². The number of nitrogens with zero attached hydrogens (tertiary/aromatic N) is 3. The van der Waals surface area contributed by atoms with Crippen LogP contribution in [0.3, 0.4) is 0 Å². The summed E-state index contributed by atoms with van der Waals surface area (Å²) >= 11 is 0. The van der Waals surface area contributed by atoms with Crippen LogP contribution in [0.2, 0.25) is 0 Å². The molecule has 1 aromatic carbocycles. The molecule has 0 saturated heterocycles. The lowest BCUT2D eigenvalue weighted by molar-refractivity contribution is 0.655. The summed E-state index contributed by atoms with van der Waals surface area (Å²) in [5, 5.41) is 3.79. The number of aromatic nitrogens is 3. The van der Waals surface area contributed by atoms with Crippen LogP contribution in [0.5, 0.6) is 0 Å². The highest BCUT2D eigenvalue weighted by Crippen LogP contribution is 2.14. The van der Waals surface area contributed by atoms with E-state index in [1.165, 1.54) is 7.05 Å². The van der Waals surface area contributed by atoms with E-state index in [1.54, 1.807) is 18.2 Å². The van der Waals surface area contributed by atoms with Gasteiger partial charge < -0.3 is 5.73 Å². The van der Waals surface area contributed by atoms with Crippen LogP contribution in [0.15, 0.2) is 34.0 Å². The number of nitrogen functional groups attached to an aromatic ring is 1. The molecule has 0 radical (unpaired) electrons. The molecule has 88 valence electrons. The molecule has 17 heavy (non-hydrogen) atoms. The maximum Gasteiger partial charge on any atom is 0.351 e. The molecule has 0 unspecified atom stereocenters. The fourth-order valence-electron chi connectivity index (χ4n) is 1.42. The third-order valence-electron chi connectivity index (χ3n) is 2.59. The number of nitrogens with two attached hydrogens (primary N) is 1. The molecule has 0 fully saturated rings. The molecule has 0 amide bonds. The van der Waals surface area contributed by atoms with Crippen LogP contribution >= 0.6 is 0 Å². The van der Waals surface area contributed by atoms with Crippen LogP contribution in [-0.2, 0) is 7.05 Å². The van der Waals surface area contributed by atoms with Gasteiger partial charge in [0, 0.05) is 12.7 Å². The van der Waals surface area contributed by atoms with Gasteiger partial charge in [0.15, 0.2) is 0 Å². The standard InChI is InChI=1S/C11H12N4O2/c1-7-3-4-8(5-9(7)12)15-11(17)14(2)10(16)6-13-15/h3-6H,12H2,1-2H3. The Balaban J connectivity index is 2.69. The van der Waals surface area contributed by atoms with Crippen LogP contribution in [0.4, 0.5) is 5.69 Å². The summed E-state index contributed by atoms with van der Waals surface area (Å²) in [5.41, 5.74) is 6.86. The summed E-state index contributed by atoms with van der Waals surface area (Å²) in [7, 11) is 1.40. The van der Waals surface area contributed by atoms with Gasteiger partial charge in [0.2, 0.25) is 0 Å². The van der Waals surface area contributed by atoms with E-state index in [2.05, 4.69) is 5.10 Å². The minimum absolute atomic E-state index is 0.439. The van der Waals surface area contributed by atoms with Gasteiger partial charge >= 0.3 is 5.69 Å². The monoisotopic (exact) mass is 232 g/mol. The fraction of sp³-hybridized carbons (Fsp3) is 0.182. The Labute approximate surface area is 96.9 Å². The van der Waals surface area contributed by atoms with Crippen LogP contribution in [0.1, 0.15) is 5.56 Å². The topological polar surface area (TPSA) is 82.9 Å². The second kappa shape index (κ2) is 3.89. The number of aryl methyl sites for hydroxylation is 1. The van der Waals surface area contributed by atoms with Gasteiger partial charge in [0.1, 0.15) is 6.20 Å². The molecule has 2 rings (SSSR count). The van der Waals surface area contributed by atoms with Crippen LogP contribution in [0, 0.1) is 6.92 Å². The molecular formula is C11H12N4O2. The minimum atomic E-state index is -0.499. The molecule has 0 saturated carbocycles. The van der Waals surface area contributed by atoms with Crippen molar-refractivity contribution in [3.63, 3.8) is 0 Å². The van der Waals surface area contributed by atoms with Crippen molar-refractivity contribution in [2.75, 3.05) is 5.73 Å². The van der Waals surface area contributed by atoms with E-state index in [0.29, 0.717) is 11.4 Å². The molecule has 0 aliphatic carbocycles. The Kier molecular flexibility index (Phi) is 2.55. The molecule has 1 aromatic heterocycles. The van der Waals surface area contributed by atoms with Crippen molar-refractivity contribution in [1.82, 2.24) is 14.3 Å². The zero-order valence-corrected chi connectivity index (χ0v) is 9.54. The molecule has 1 heterocycles. The molecule has 0 atom stereocenters. The first-order valence-corrected chi connectivity index (χ1v) is 5.02. The first-order valence-electron chi connectivity index (χ1n) is 5.02. The van der Waals surface area contributed by atoms with Gasteiger partial charge in [0.05, 0.1) is 5.69 Å². The lowest BCUT2D eigenvalue weighted by Crippen LogP contribution is -2.38. The molecule has 2 N–H and O–H groups in total. The van der Waals surface area contributed by atoms with E-state index >= 15 is 0 Å². The average Bonchev–Trinajstić information content (AvgIpc) is 2.30. The van der Waals surface area contributed by atoms with Gasteiger partial charge in [-0.2, -0.15) is 9.78 Å². The summed E-state index contributed by atoms with van der Waals surface area (Å²) in [6.07, 6.45) is 1.09. The van der Waals surface area contributed by atoms with E-state index in [4.69, 9.17) is 5.73 Å². The van der Waals surface area contributed by atoms with Crippen molar-refractivity contribution in [1.29, 1.82) is 0 Å². The molecule has 2 aromatic rings. The molecule has 0 aliphatic heterocycles. The highest BCUT2D eigenvalue weighted by atomic mass is 16.2. The maximum absolute atomic E-state index is 11.8. The van der Waals surface area contributed by atoms with Crippen molar-refractivity contribution in [2.24, 2.45) is 7.05 Å². The summed E-state index contributed by atoms with van der Waals surface area (Å²) < 4.78 is 2.13. The highest BCUT2D eigenvalue weighted by molar-refractivity contribution is 5.52. The van der Waals surface area contributed by atoms with Crippen molar-refractivity contribution in [3.05, 3.63) is 50.8 Å². The van der Waals surface area contributed by atoms with Crippen LogP contribution in [-0.4, -0.2) is 14.3 Å². The van der Waals surface area contributed by atoms with E-state index in [1.807, 2.05) is 6.92 Å². The average molecular weight is 232 g/mol. The molecule has 6 heteroatoms. The first kappa shape index (κ1) is 11.1. The summed E-state index contributed by atoms with van der Waals surface area (Å²) in [4.78, 5) is 23.0. The van der Waals surface area contributed by atoms with Gasteiger partial charge in [-0.25, -0.2) is 4.79 Å². The van der Waals surface area contributed by atoms with Gasteiger partial charge in [-0.15, -0.1) is 0 Å². The molecule has 0 spiro atoms. The Morgan fingerprint density at radius 2 is 2.00 bits per heavy atom. The molecule has 0 aliphatic rings. The highest BCUT2D eigenvalue weighted by Gasteiger charge is 2.06. The molecular weight excluding hydrogens is 220 g/mol. The molecule has 0 bridgehead atoms. The second-order valence-corrected chi connectivity index (χ2v) is 3.78. The number of anilines is 1. The predicted octanol–water partition coefficient (Wildman–Crippen LogP) is -0.178. The van der Waals surface area contributed by atoms with E-state index < -0.39 is 11.2 Å². The summed E-state index contributed by atoms with van der Waals surface area (Å²) in [6, 6.07) is 5.17. The number of benzene rings is 1. The first-order chi connectivity index (χ1) is 8.00. The molecule has 6 nitrogen and oxygen atoms in total. The van der Waals surface area contributed by atoms with Gasteiger partial charge in [-0.1, -0.05) is 6.07 Å². The van der Waals surface area contributed by atoms with E-state index in [9.17, 15) is 9.59 Å². The lowest BCUT2D eigenvalue weighted by atomic mass is 10.2. The number of rotatable bonds is 1. The van der Waals surface area contributed by atoms with Crippen molar-refractivity contribution >= 4 is 5.69 Å². The Hall–Kier alpha value is -2.37. The lowest BCUT2D eigenvalue weighted by Gasteiger charge is -2.07. The van der Waals surface area contributed by atoms with Gasteiger partial charge in [-0.3, -0.25) is 9.36 Å². The van der Waals surface area contributed by atoms with Crippen LogP contribution < -0.4 is 17.0 Å². The Morgan fingerprint density at radius 1 is 1.29 bits per heavy atom. The Morgan fingerprint density at radius 3 is 2.65 bits per heavy atom. The van der Waals surface area contributed by atoms with Crippen molar-refractivity contribution < 1.29 is 0 Å². The van der Waals surface area contributed by atoms with E-state index in [-0.39, 0.29) is 0 Å². The largest absolute Gasteiger partial charge is 0.398 e. The van der Waals surface area contributed by atoms with Gasteiger partial charge in [-0.05, 0) is 24.6 Å². The van der Waals surface area contributed by atoms with Gasteiger partial charge in [0.25, 0.3) is 5.56 Å². The van der Waals surface area contributed by atoms with Crippen molar-refractivity contribution in [2.45, 2.75) is 6.92 Å².